The van der Waals surface area contributed by atoms with Gasteiger partial charge in [-0.2, -0.15) is 0 Å². The second-order valence-electron chi connectivity index (χ2n) is 5.72. The highest BCUT2D eigenvalue weighted by Gasteiger charge is 2.31. The highest BCUT2D eigenvalue weighted by atomic mass is 31.1. The summed E-state index contributed by atoms with van der Waals surface area (Å²) < 4.78 is 58.2. The van der Waals surface area contributed by atoms with E-state index < -0.39 is 42.1 Å². The quantitative estimate of drug-likeness (QED) is 0.383. The van der Waals surface area contributed by atoms with Crippen molar-refractivity contribution in [1.29, 1.82) is 0 Å². The van der Waals surface area contributed by atoms with Crippen molar-refractivity contribution in [1.82, 2.24) is 0 Å². The average molecular weight is 364 g/mol. The highest BCUT2D eigenvalue weighted by Crippen LogP contribution is 2.47. The van der Waals surface area contributed by atoms with E-state index in [9.17, 15) is 17.6 Å². The second-order valence-corrected chi connectivity index (χ2v) is 7.87. The van der Waals surface area contributed by atoms with Gasteiger partial charge < -0.3 is 0 Å². The molecular weight excluding hydrogens is 347 g/mol. The van der Waals surface area contributed by atoms with E-state index in [2.05, 4.69) is 0 Å². The summed E-state index contributed by atoms with van der Waals surface area (Å²) >= 11 is 0. The van der Waals surface area contributed by atoms with Gasteiger partial charge in [0.2, 0.25) is 0 Å². The van der Waals surface area contributed by atoms with Crippen LogP contribution in [0.4, 0.5) is 17.6 Å². The first-order valence-electron chi connectivity index (χ1n) is 8.13. The number of hydrogen-bond donors (Lipinski definition) is 0. The first kappa shape index (κ1) is 17.9. The fourth-order valence-corrected chi connectivity index (χ4v) is 5.36. The van der Waals surface area contributed by atoms with Crippen LogP contribution in [0.25, 0.3) is 0 Å². The molecule has 1 unspecified atom stereocenters. The van der Waals surface area contributed by atoms with Crippen LogP contribution in [0.2, 0.25) is 0 Å². The second kappa shape index (κ2) is 7.53. The van der Waals surface area contributed by atoms with E-state index in [1.165, 1.54) is 6.92 Å². The van der Waals surface area contributed by atoms with Crippen LogP contribution >= 0.6 is 7.92 Å². The molecule has 1 aliphatic carbocycles. The Morgan fingerprint density at radius 1 is 0.880 bits per heavy atom. The molecule has 0 aromatic heterocycles. The monoisotopic (exact) mass is 364 g/mol. The Balaban J connectivity index is 2.28. The van der Waals surface area contributed by atoms with Crippen LogP contribution in [-0.4, -0.2) is 0 Å². The van der Waals surface area contributed by atoms with Crippen LogP contribution in [0.3, 0.4) is 0 Å². The molecule has 3 rings (SSSR count). The summed E-state index contributed by atoms with van der Waals surface area (Å²) in [6, 6.07) is 8.76. The van der Waals surface area contributed by atoms with Crippen molar-refractivity contribution in [2.75, 3.05) is 0 Å². The Labute approximate surface area is 145 Å². The van der Waals surface area contributed by atoms with Gasteiger partial charge in [0.1, 0.15) is 0 Å². The van der Waals surface area contributed by atoms with Crippen molar-refractivity contribution >= 4 is 18.5 Å². The zero-order chi connectivity index (χ0) is 18.0. The minimum Gasteiger partial charge on any atom is -0.203 e. The van der Waals surface area contributed by atoms with E-state index in [0.29, 0.717) is 10.6 Å². The molecule has 0 saturated carbocycles. The van der Waals surface area contributed by atoms with E-state index in [1.807, 2.05) is 12.2 Å². The predicted octanol–water partition coefficient (Wildman–Crippen LogP) is 5.47. The summed E-state index contributed by atoms with van der Waals surface area (Å²) in [6.45, 7) is 1.46. The van der Waals surface area contributed by atoms with Gasteiger partial charge in [-0.05, 0) is 37.8 Å². The molecule has 0 amide bonds. The Bertz CT molecular complexity index is 812. The van der Waals surface area contributed by atoms with Crippen molar-refractivity contribution in [2.24, 2.45) is 0 Å². The smallest absolute Gasteiger partial charge is 0.170 e. The topological polar surface area (TPSA) is 0 Å². The average Bonchev–Trinajstić information content (AvgIpc) is 2.65. The molecule has 2 aromatic rings. The van der Waals surface area contributed by atoms with Crippen LogP contribution < -0.4 is 10.6 Å². The molecule has 0 heterocycles. The number of hydrogen-bond acceptors (Lipinski definition) is 0. The van der Waals surface area contributed by atoms with Crippen LogP contribution in [0.1, 0.15) is 25.3 Å². The van der Waals surface area contributed by atoms with Gasteiger partial charge in [0.15, 0.2) is 23.3 Å². The zero-order valence-corrected chi connectivity index (χ0v) is 14.6. The molecule has 1 aliphatic rings. The lowest BCUT2D eigenvalue weighted by Gasteiger charge is -2.24. The van der Waals surface area contributed by atoms with Crippen molar-refractivity contribution in [3.8, 4) is 0 Å². The molecule has 0 spiro atoms. The van der Waals surface area contributed by atoms with Gasteiger partial charge in [-0.15, -0.1) is 0 Å². The Morgan fingerprint density at radius 2 is 1.52 bits per heavy atom. The SMILES string of the molecule is CCc1c(F)c(F)c(P(C2=CCCC=C2)c2ccccc2)c(F)c1F. The molecule has 1 atom stereocenters. The molecule has 0 radical (unpaired) electrons. The fourth-order valence-electron chi connectivity index (χ4n) is 2.92. The Hall–Kier alpha value is -1.93. The lowest BCUT2D eigenvalue weighted by Crippen LogP contribution is -2.24. The van der Waals surface area contributed by atoms with Gasteiger partial charge in [0.05, 0.1) is 5.30 Å². The third-order valence-corrected chi connectivity index (χ3v) is 6.66. The molecule has 0 nitrogen and oxygen atoms in total. The molecule has 25 heavy (non-hydrogen) atoms. The van der Waals surface area contributed by atoms with Gasteiger partial charge in [-0.1, -0.05) is 55.5 Å². The number of halogens is 4. The van der Waals surface area contributed by atoms with Crippen LogP contribution in [0.15, 0.2) is 53.9 Å². The van der Waals surface area contributed by atoms with Gasteiger partial charge in [-0.25, -0.2) is 17.6 Å². The van der Waals surface area contributed by atoms with Crippen LogP contribution in [-0.2, 0) is 6.42 Å². The largest absolute Gasteiger partial charge is 0.203 e. The maximum absolute atomic E-state index is 14.8. The summed E-state index contributed by atoms with van der Waals surface area (Å²) in [7, 11) is -1.72. The molecule has 0 N–H and O–H groups in total. The summed E-state index contributed by atoms with van der Waals surface area (Å²) in [6.07, 6.45) is 7.06. The van der Waals surface area contributed by atoms with Crippen molar-refractivity contribution in [3.05, 3.63) is 82.7 Å². The third kappa shape index (κ3) is 3.28. The Morgan fingerprint density at radius 3 is 2.04 bits per heavy atom. The van der Waals surface area contributed by atoms with E-state index in [4.69, 9.17) is 0 Å². The van der Waals surface area contributed by atoms with Gasteiger partial charge >= 0.3 is 0 Å². The minimum atomic E-state index is -1.72. The van der Waals surface area contributed by atoms with E-state index >= 15 is 0 Å². The molecule has 0 fully saturated rings. The molecule has 0 saturated heterocycles. The molecule has 0 bridgehead atoms. The standard InChI is InChI=1S/C20H17F4P/c1-2-15-16(21)18(23)20(19(24)17(15)22)25(13-9-5-3-6-10-13)14-11-7-4-8-12-14/h3,5-7,9-12H,2,4,8H2,1H3. The third-order valence-electron chi connectivity index (χ3n) is 4.16. The van der Waals surface area contributed by atoms with Crippen molar-refractivity contribution < 1.29 is 17.6 Å². The summed E-state index contributed by atoms with van der Waals surface area (Å²) in [5.41, 5.74) is -0.546. The predicted molar refractivity (Wildman–Crippen MR) is 94.7 cm³/mol. The summed E-state index contributed by atoms with van der Waals surface area (Å²) in [5.74, 6) is -5.16. The van der Waals surface area contributed by atoms with Crippen LogP contribution in [0, 0.1) is 23.3 Å². The maximum Gasteiger partial charge on any atom is 0.170 e. The first-order valence-corrected chi connectivity index (χ1v) is 9.47. The summed E-state index contributed by atoms with van der Waals surface area (Å²) in [5, 5.41) is 0.843. The lowest BCUT2D eigenvalue weighted by atomic mass is 10.1. The molecule has 5 heteroatoms. The van der Waals surface area contributed by atoms with Gasteiger partial charge in [0, 0.05) is 5.56 Å². The van der Waals surface area contributed by atoms with Crippen molar-refractivity contribution in [2.45, 2.75) is 26.2 Å². The highest BCUT2D eigenvalue weighted by molar-refractivity contribution is 7.77. The van der Waals surface area contributed by atoms with E-state index in [0.717, 1.165) is 12.8 Å². The fraction of sp³-hybridized carbons (Fsp3) is 0.200. The zero-order valence-electron chi connectivity index (χ0n) is 13.7. The molecular formula is C20H17F4P. The maximum atomic E-state index is 14.8. The number of benzene rings is 2. The molecule has 130 valence electrons. The van der Waals surface area contributed by atoms with Crippen LogP contribution in [0.5, 0.6) is 0 Å². The lowest BCUT2D eigenvalue weighted by molar-refractivity contribution is 0.449. The Kier molecular flexibility index (Phi) is 5.39. The van der Waals surface area contributed by atoms with Gasteiger partial charge in [0.25, 0.3) is 0 Å². The summed E-state index contributed by atoms with van der Waals surface area (Å²) in [4.78, 5) is 0. The normalized spacial score (nSPS) is 15.2. The van der Waals surface area contributed by atoms with Gasteiger partial charge in [-0.3, -0.25) is 0 Å². The molecule has 2 aromatic carbocycles. The minimum absolute atomic E-state index is 0.113. The van der Waals surface area contributed by atoms with E-state index in [-0.39, 0.29) is 6.42 Å². The van der Waals surface area contributed by atoms with Crippen molar-refractivity contribution in [3.63, 3.8) is 0 Å². The molecule has 0 aliphatic heterocycles. The number of rotatable bonds is 4. The number of allylic oxidation sites excluding steroid dienone is 4. The first-order chi connectivity index (χ1) is 12.1. The van der Waals surface area contributed by atoms with E-state index in [1.54, 1.807) is 36.4 Å².